The second-order valence-corrected chi connectivity index (χ2v) is 5.03. The summed E-state index contributed by atoms with van der Waals surface area (Å²) in [6, 6.07) is 4.04. The lowest BCUT2D eigenvalue weighted by Gasteiger charge is -2.27. The van der Waals surface area contributed by atoms with Gasteiger partial charge in [0, 0.05) is 24.5 Å². The summed E-state index contributed by atoms with van der Waals surface area (Å²) in [4.78, 5) is 4.55. The molecule has 0 saturated carbocycles. The summed E-state index contributed by atoms with van der Waals surface area (Å²) in [7, 11) is 0. The molecular weight excluding hydrogens is 209 g/mol. The molecule has 1 saturated heterocycles. The topological polar surface area (TPSA) is 3.24 Å². The van der Waals surface area contributed by atoms with Crippen molar-refractivity contribution >= 4 is 11.3 Å². The molecule has 15 heavy (non-hydrogen) atoms. The first kappa shape index (κ1) is 10.7. The Hall–Kier alpha value is -0.850. The van der Waals surface area contributed by atoms with Crippen molar-refractivity contribution in [3.05, 3.63) is 21.9 Å². The van der Waals surface area contributed by atoms with Crippen LogP contribution in [0.25, 0.3) is 0 Å². The maximum absolute atomic E-state index is 12.9. The number of hydrogen-bond donors (Lipinski definition) is 0. The summed E-state index contributed by atoms with van der Waals surface area (Å²) in [6.07, 6.45) is 6.07. The van der Waals surface area contributed by atoms with Gasteiger partial charge in [-0.1, -0.05) is 5.92 Å². The Kier molecular flexibility index (Phi) is 3.40. The van der Waals surface area contributed by atoms with E-state index in [0.29, 0.717) is 12.8 Å². The van der Waals surface area contributed by atoms with E-state index >= 15 is 0 Å². The van der Waals surface area contributed by atoms with Gasteiger partial charge in [-0.15, -0.1) is 17.8 Å². The molecule has 1 aliphatic rings. The van der Waals surface area contributed by atoms with Crippen LogP contribution in [0.4, 0.5) is 4.39 Å². The Morgan fingerprint density at radius 1 is 1.47 bits per heavy atom. The maximum atomic E-state index is 12.9. The number of piperidine rings is 1. The van der Waals surface area contributed by atoms with Crippen molar-refractivity contribution in [3.63, 3.8) is 0 Å². The standard InChI is InChI=1S/C12H14FNS/c1-2-11-3-4-12(15-11)9-14-7-5-10(13)6-8-14/h1,3-4,10H,5-9H2. The predicted molar refractivity (Wildman–Crippen MR) is 61.7 cm³/mol. The average Bonchev–Trinajstić information content (AvgIpc) is 2.69. The van der Waals surface area contributed by atoms with Crippen molar-refractivity contribution < 1.29 is 4.39 Å². The van der Waals surface area contributed by atoms with Crippen molar-refractivity contribution in [3.8, 4) is 12.3 Å². The molecule has 0 amide bonds. The Labute approximate surface area is 93.9 Å². The maximum Gasteiger partial charge on any atom is 0.103 e. The fraction of sp³-hybridized carbons (Fsp3) is 0.500. The zero-order chi connectivity index (χ0) is 10.7. The molecule has 0 atom stereocenters. The molecule has 0 N–H and O–H groups in total. The molecule has 0 unspecified atom stereocenters. The third-order valence-corrected chi connectivity index (χ3v) is 3.70. The van der Waals surface area contributed by atoms with E-state index in [1.165, 1.54) is 4.88 Å². The lowest BCUT2D eigenvalue weighted by Crippen LogP contribution is -2.33. The number of nitrogens with zero attached hydrogens (tertiary/aromatic N) is 1. The fourth-order valence-corrected chi connectivity index (χ4v) is 2.68. The van der Waals surface area contributed by atoms with Crippen molar-refractivity contribution in [2.45, 2.75) is 25.6 Å². The van der Waals surface area contributed by atoms with Crippen LogP contribution < -0.4 is 0 Å². The van der Waals surface area contributed by atoms with Gasteiger partial charge in [0.15, 0.2) is 0 Å². The first-order chi connectivity index (χ1) is 7.28. The highest BCUT2D eigenvalue weighted by atomic mass is 32.1. The highest BCUT2D eigenvalue weighted by Crippen LogP contribution is 2.20. The number of likely N-dealkylation sites (tertiary alicyclic amines) is 1. The molecule has 1 nitrogen and oxygen atoms in total. The number of alkyl halides is 1. The summed E-state index contributed by atoms with van der Waals surface area (Å²) < 4.78 is 12.9. The van der Waals surface area contributed by atoms with Gasteiger partial charge < -0.3 is 0 Å². The number of terminal acetylenes is 1. The molecule has 1 fully saturated rings. The van der Waals surface area contributed by atoms with Crippen molar-refractivity contribution in [2.75, 3.05) is 13.1 Å². The Morgan fingerprint density at radius 3 is 2.80 bits per heavy atom. The highest BCUT2D eigenvalue weighted by Gasteiger charge is 2.18. The highest BCUT2D eigenvalue weighted by molar-refractivity contribution is 7.12. The van der Waals surface area contributed by atoms with Crippen molar-refractivity contribution in [1.82, 2.24) is 4.90 Å². The quantitative estimate of drug-likeness (QED) is 0.697. The molecular formula is C12H14FNS. The summed E-state index contributed by atoms with van der Waals surface area (Å²) >= 11 is 1.66. The van der Waals surface area contributed by atoms with E-state index < -0.39 is 6.17 Å². The molecule has 1 aromatic rings. The van der Waals surface area contributed by atoms with Crippen LogP contribution in [0.5, 0.6) is 0 Å². The molecule has 0 bridgehead atoms. The van der Waals surface area contributed by atoms with Crippen LogP contribution in [0, 0.1) is 12.3 Å². The minimum absolute atomic E-state index is 0.592. The van der Waals surface area contributed by atoms with Crippen molar-refractivity contribution in [1.29, 1.82) is 0 Å². The van der Waals surface area contributed by atoms with Gasteiger partial charge in [-0.2, -0.15) is 0 Å². The van der Waals surface area contributed by atoms with Crippen LogP contribution in [0.15, 0.2) is 12.1 Å². The van der Waals surface area contributed by atoms with Crippen LogP contribution in [0.2, 0.25) is 0 Å². The second-order valence-electron chi connectivity index (χ2n) is 3.86. The largest absolute Gasteiger partial charge is 0.298 e. The minimum atomic E-state index is -0.592. The van der Waals surface area contributed by atoms with Gasteiger partial charge in [-0.05, 0) is 25.0 Å². The average molecular weight is 223 g/mol. The summed E-state index contributed by atoms with van der Waals surface area (Å²) in [6.45, 7) is 2.65. The van der Waals surface area contributed by atoms with E-state index in [-0.39, 0.29) is 0 Å². The first-order valence-electron chi connectivity index (χ1n) is 5.19. The van der Waals surface area contributed by atoms with Gasteiger partial charge in [-0.25, -0.2) is 4.39 Å². The molecule has 2 heterocycles. The van der Waals surface area contributed by atoms with Gasteiger partial charge in [0.05, 0.1) is 4.88 Å². The van der Waals surface area contributed by atoms with Crippen LogP contribution in [-0.4, -0.2) is 24.2 Å². The van der Waals surface area contributed by atoms with E-state index in [0.717, 1.165) is 24.5 Å². The van der Waals surface area contributed by atoms with Gasteiger partial charge in [-0.3, -0.25) is 4.90 Å². The Balaban J connectivity index is 1.89. The van der Waals surface area contributed by atoms with Gasteiger partial charge in [0.25, 0.3) is 0 Å². The number of rotatable bonds is 2. The SMILES string of the molecule is C#Cc1ccc(CN2CCC(F)CC2)s1. The van der Waals surface area contributed by atoms with Crippen LogP contribution in [0.3, 0.4) is 0 Å². The second kappa shape index (κ2) is 4.78. The summed E-state index contributed by atoms with van der Waals surface area (Å²) in [5, 5.41) is 0. The van der Waals surface area contributed by atoms with E-state index in [9.17, 15) is 4.39 Å². The molecule has 2 rings (SSSR count). The number of thiophene rings is 1. The Morgan fingerprint density at radius 2 is 2.20 bits per heavy atom. The molecule has 3 heteroatoms. The van der Waals surface area contributed by atoms with Crippen LogP contribution in [-0.2, 0) is 6.54 Å². The molecule has 80 valence electrons. The molecule has 1 aliphatic heterocycles. The molecule has 0 aliphatic carbocycles. The molecule has 0 spiro atoms. The monoisotopic (exact) mass is 223 g/mol. The zero-order valence-electron chi connectivity index (χ0n) is 8.58. The van der Waals surface area contributed by atoms with E-state index in [1.54, 1.807) is 11.3 Å². The zero-order valence-corrected chi connectivity index (χ0v) is 9.39. The minimum Gasteiger partial charge on any atom is -0.298 e. The van der Waals surface area contributed by atoms with Gasteiger partial charge in [0.1, 0.15) is 6.17 Å². The predicted octanol–water partition coefficient (Wildman–Crippen LogP) is 2.66. The van der Waals surface area contributed by atoms with Gasteiger partial charge in [0.2, 0.25) is 0 Å². The third-order valence-electron chi connectivity index (χ3n) is 2.70. The van der Waals surface area contributed by atoms with Crippen molar-refractivity contribution in [2.24, 2.45) is 0 Å². The lowest BCUT2D eigenvalue weighted by atomic mass is 10.1. The fourth-order valence-electron chi connectivity index (χ4n) is 1.82. The third kappa shape index (κ3) is 2.80. The normalized spacial score (nSPS) is 18.9. The van der Waals surface area contributed by atoms with Gasteiger partial charge >= 0.3 is 0 Å². The number of hydrogen-bond acceptors (Lipinski definition) is 2. The molecule has 1 aromatic heterocycles. The van der Waals surface area contributed by atoms with Crippen LogP contribution >= 0.6 is 11.3 Å². The molecule has 0 aromatic carbocycles. The number of halogens is 1. The smallest absolute Gasteiger partial charge is 0.103 e. The summed E-state index contributed by atoms with van der Waals surface area (Å²) in [5.41, 5.74) is 0. The Bertz CT molecular complexity index is 358. The summed E-state index contributed by atoms with van der Waals surface area (Å²) in [5.74, 6) is 2.63. The van der Waals surface area contributed by atoms with E-state index in [1.807, 2.05) is 6.07 Å². The van der Waals surface area contributed by atoms with Crippen LogP contribution in [0.1, 0.15) is 22.6 Å². The molecule has 0 radical (unpaired) electrons. The first-order valence-corrected chi connectivity index (χ1v) is 6.01. The van der Waals surface area contributed by atoms with E-state index in [2.05, 4.69) is 16.9 Å². The lowest BCUT2D eigenvalue weighted by molar-refractivity contribution is 0.146. The van der Waals surface area contributed by atoms with E-state index in [4.69, 9.17) is 6.42 Å².